The maximum Gasteiger partial charge on any atom is 0.273 e. The van der Waals surface area contributed by atoms with Crippen LogP contribution in [0.15, 0.2) is 20.1 Å². The number of nitrogens with two attached hydrogens (primary N) is 1. The summed E-state index contributed by atoms with van der Waals surface area (Å²) in [4.78, 5) is 12.7. The first kappa shape index (κ1) is 15.0. The molecule has 0 fully saturated rings. The van der Waals surface area contributed by atoms with E-state index in [-0.39, 0.29) is 4.21 Å². The summed E-state index contributed by atoms with van der Waals surface area (Å²) >= 11 is 5.63. The predicted octanol–water partition coefficient (Wildman–Crippen LogP) is 2.96. The van der Waals surface area contributed by atoms with E-state index in [1.807, 2.05) is 0 Å². The van der Waals surface area contributed by atoms with Crippen molar-refractivity contribution in [1.29, 1.82) is 0 Å². The molecule has 0 saturated heterocycles. The maximum atomic E-state index is 12.4. The molecule has 2 aromatic heterocycles. The number of carbonyl (C=O) groups excluding carboxylic acids is 1. The number of rotatable bonds is 4. The number of carbonyl (C=O) groups is 1. The van der Waals surface area contributed by atoms with Crippen molar-refractivity contribution in [2.24, 2.45) is 5.73 Å². The summed E-state index contributed by atoms with van der Waals surface area (Å²) in [7, 11) is -3.72. The molecule has 0 saturated carbocycles. The van der Waals surface area contributed by atoms with Gasteiger partial charge in [0.2, 0.25) is 0 Å². The summed E-state index contributed by atoms with van der Waals surface area (Å²) in [6.45, 7) is 0. The quantitative estimate of drug-likeness (QED) is 0.817. The van der Waals surface area contributed by atoms with Crippen LogP contribution in [0, 0.1) is 0 Å². The van der Waals surface area contributed by atoms with E-state index in [9.17, 15) is 13.2 Å². The van der Waals surface area contributed by atoms with Crippen molar-refractivity contribution >= 4 is 59.5 Å². The van der Waals surface area contributed by atoms with E-state index >= 15 is 0 Å². The minimum atomic E-state index is -3.72. The summed E-state index contributed by atoms with van der Waals surface area (Å²) in [6, 6.07) is 1.67. The van der Waals surface area contributed by atoms with Gasteiger partial charge in [-0.15, -0.1) is 22.7 Å². The van der Waals surface area contributed by atoms with Gasteiger partial charge >= 0.3 is 0 Å². The molecule has 1 amide bonds. The van der Waals surface area contributed by atoms with Crippen molar-refractivity contribution in [2.75, 3.05) is 4.72 Å². The van der Waals surface area contributed by atoms with Gasteiger partial charge in [-0.1, -0.05) is 0 Å². The van der Waals surface area contributed by atoms with E-state index in [2.05, 4.69) is 20.7 Å². The molecule has 0 bridgehead atoms. The highest BCUT2D eigenvalue weighted by Crippen LogP contribution is 2.40. The van der Waals surface area contributed by atoms with Crippen molar-refractivity contribution in [2.45, 2.75) is 23.5 Å². The van der Waals surface area contributed by atoms with Crippen LogP contribution in [0.5, 0.6) is 0 Å². The second-order valence-corrected chi connectivity index (χ2v) is 9.34. The van der Waals surface area contributed by atoms with E-state index in [1.165, 1.54) is 11.3 Å². The fraction of sp³-hybridized carbons (Fsp3) is 0.250. The van der Waals surface area contributed by atoms with Crippen LogP contribution in [0.25, 0.3) is 0 Å². The first-order chi connectivity index (χ1) is 9.90. The van der Waals surface area contributed by atoms with E-state index in [4.69, 9.17) is 5.73 Å². The van der Waals surface area contributed by atoms with Crippen LogP contribution >= 0.6 is 38.6 Å². The van der Waals surface area contributed by atoms with Crippen LogP contribution in [-0.2, 0) is 22.9 Å². The van der Waals surface area contributed by atoms with Gasteiger partial charge in [-0.3, -0.25) is 9.52 Å². The molecule has 9 heteroatoms. The third-order valence-electron chi connectivity index (χ3n) is 3.22. The topological polar surface area (TPSA) is 89.3 Å². The number of hydrogen-bond acceptors (Lipinski definition) is 5. The molecule has 21 heavy (non-hydrogen) atoms. The first-order valence-electron chi connectivity index (χ1n) is 6.10. The Morgan fingerprint density at radius 2 is 2.14 bits per heavy atom. The molecule has 112 valence electrons. The lowest BCUT2D eigenvalue weighted by Crippen LogP contribution is -2.17. The zero-order valence-corrected chi connectivity index (χ0v) is 14.7. The number of amides is 1. The molecular weight excluding hydrogens is 396 g/mol. The van der Waals surface area contributed by atoms with Crippen LogP contribution in [0.1, 0.15) is 27.2 Å². The smallest absolute Gasteiger partial charge is 0.273 e. The van der Waals surface area contributed by atoms with Gasteiger partial charge < -0.3 is 5.73 Å². The van der Waals surface area contributed by atoms with Gasteiger partial charge in [0.1, 0.15) is 5.00 Å². The Morgan fingerprint density at radius 3 is 2.76 bits per heavy atom. The molecule has 1 aliphatic rings. The van der Waals surface area contributed by atoms with Crippen LogP contribution in [0.4, 0.5) is 5.00 Å². The molecular formula is C12H11BrN2O3S3. The summed E-state index contributed by atoms with van der Waals surface area (Å²) in [5, 5.41) is 2.01. The first-order valence-corrected chi connectivity index (χ1v) is 10.1. The predicted molar refractivity (Wildman–Crippen MR) is 87.7 cm³/mol. The van der Waals surface area contributed by atoms with Crippen LogP contribution in [0.2, 0.25) is 0 Å². The van der Waals surface area contributed by atoms with Gasteiger partial charge in [-0.25, -0.2) is 8.42 Å². The normalized spacial score (nSPS) is 14.1. The number of anilines is 1. The van der Waals surface area contributed by atoms with Gasteiger partial charge in [-0.05, 0) is 52.2 Å². The number of hydrogen-bond donors (Lipinski definition) is 2. The lowest BCUT2D eigenvalue weighted by molar-refractivity contribution is 0.100. The van der Waals surface area contributed by atoms with Crippen molar-refractivity contribution in [3.05, 3.63) is 31.9 Å². The zero-order valence-electron chi connectivity index (χ0n) is 10.7. The molecule has 0 aliphatic heterocycles. The maximum absolute atomic E-state index is 12.4. The van der Waals surface area contributed by atoms with Crippen molar-refractivity contribution in [1.82, 2.24) is 0 Å². The number of sulfonamides is 1. The summed E-state index contributed by atoms with van der Waals surface area (Å²) < 4.78 is 28.0. The van der Waals surface area contributed by atoms with Crippen LogP contribution < -0.4 is 10.5 Å². The van der Waals surface area contributed by atoms with Gasteiger partial charge in [0.25, 0.3) is 15.9 Å². The number of nitrogens with one attached hydrogen (secondary N) is 1. The molecule has 0 spiro atoms. The third kappa shape index (κ3) is 2.63. The van der Waals surface area contributed by atoms with Crippen molar-refractivity contribution < 1.29 is 13.2 Å². The van der Waals surface area contributed by atoms with E-state index in [0.717, 1.165) is 41.0 Å². The lowest BCUT2D eigenvalue weighted by atomic mass is 10.1. The summed E-state index contributed by atoms with van der Waals surface area (Å²) in [6.07, 6.45) is 2.62. The Balaban J connectivity index is 2.03. The molecule has 3 rings (SSSR count). The van der Waals surface area contributed by atoms with Gasteiger partial charge in [0, 0.05) is 9.35 Å². The highest BCUT2D eigenvalue weighted by atomic mass is 79.9. The van der Waals surface area contributed by atoms with Gasteiger partial charge in [-0.2, -0.15) is 0 Å². The average Bonchev–Trinajstić information content (AvgIpc) is 3.02. The molecule has 5 nitrogen and oxygen atoms in total. The number of primary amides is 1. The second-order valence-electron chi connectivity index (χ2n) is 4.59. The second kappa shape index (κ2) is 5.38. The molecule has 2 aromatic rings. The minimum absolute atomic E-state index is 0.187. The number of fused-ring (bicyclic) bond motifs is 1. The molecule has 2 heterocycles. The lowest BCUT2D eigenvalue weighted by Gasteiger charge is -2.07. The van der Waals surface area contributed by atoms with Crippen molar-refractivity contribution in [3.8, 4) is 0 Å². The Morgan fingerprint density at radius 1 is 1.38 bits per heavy atom. The summed E-state index contributed by atoms with van der Waals surface area (Å²) in [5.74, 6) is -0.586. The zero-order chi connectivity index (χ0) is 15.2. The monoisotopic (exact) mass is 406 g/mol. The van der Waals surface area contributed by atoms with Gasteiger partial charge in [0.15, 0.2) is 4.21 Å². The Hall–Kier alpha value is -0.900. The molecule has 0 radical (unpaired) electrons. The van der Waals surface area contributed by atoms with Gasteiger partial charge in [0.05, 0.1) is 5.56 Å². The number of thiophene rings is 2. The van der Waals surface area contributed by atoms with E-state index in [0.29, 0.717) is 15.0 Å². The highest BCUT2D eigenvalue weighted by molar-refractivity contribution is 9.10. The van der Waals surface area contributed by atoms with E-state index < -0.39 is 15.9 Å². The standard InChI is InChI=1S/C12H11BrN2O3S3/c13-7-4-5-19-12(7)21(17,18)15-11-9(10(14)16)6-2-1-3-8(6)20-11/h4-5,15H,1-3H2,(H2,14,16). The van der Waals surface area contributed by atoms with Crippen LogP contribution in [0.3, 0.4) is 0 Å². The number of aryl methyl sites for hydroxylation is 1. The SMILES string of the molecule is NC(=O)c1c(NS(=O)(=O)c2sccc2Br)sc2c1CCC2. The molecule has 0 aromatic carbocycles. The fourth-order valence-electron chi connectivity index (χ4n) is 2.38. The molecule has 0 unspecified atom stereocenters. The van der Waals surface area contributed by atoms with Crippen LogP contribution in [-0.4, -0.2) is 14.3 Å². The largest absolute Gasteiger partial charge is 0.365 e. The fourth-order valence-corrected chi connectivity index (χ4v) is 7.32. The Labute approximate surface area is 138 Å². The number of halogens is 1. The average molecular weight is 407 g/mol. The Kier molecular flexibility index (Phi) is 3.85. The third-order valence-corrected chi connectivity index (χ3v) is 8.58. The molecule has 1 aliphatic carbocycles. The Bertz CT molecular complexity index is 823. The molecule has 3 N–H and O–H groups in total. The minimum Gasteiger partial charge on any atom is -0.365 e. The summed E-state index contributed by atoms with van der Waals surface area (Å²) in [5.41, 5.74) is 6.65. The molecule has 0 atom stereocenters. The van der Waals surface area contributed by atoms with E-state index in [1.54, 1.807) is 11.4 Å². The van der Waals surface area contributed by atoms with Crippen molar-refractivity contribution in [3.63, 3.8) is 0 Å². The highest BCUT2D eigenvalue weighted by Gasteiger charge is 2.28.